The van der Waals surface area contributed by atoms with Crippen LogP contribution in [0, 0.1) is 11.7 Å². The van der Waals surface area contributed by atoms with Gasteiger partial charge in [-0.2, -0.15) is 5.10 Å². The van der Waals surface area contributed by atoms with Crippen LogP contribution in [0.25, 0.3) is 5.69 Å². The van der Waals surface area contributed by atoms with Gasteiger partial charge in [-0.1, -0.05) is 30.3 Å². The van der Waals surface area contributed by atoms with Crippen LogP contribution in [0.1, 0.15) is 36.9 Å². The van der Waals surface area contributed by atoms with Gasteiger partial charge in [0.15, 0.2) is 0 Å². The Bertz CT molecular complexity index is 992. The largest absolute Gasteiger partial charge is 0.494 e. The van der Waals surface area contributed by atoms with Crippen LogP contribution in [0.4, 0.5) is 0 Å². The number of aryl methyl sites for hydroxylation is 1. The van der Waals surface area contributed by atoms with Gasteiger partial charge in [0.2, 0.25) is 4.77 Å². The second kappa shape index (κ2) is 8.29. The molecule has 6 heteroatoms. The van der Waals surface area contributed by atoms with Gasteiger partial charge in [0.25, 0.3) is 0 Å². The molecule has 0 bridgehead atoms. The van der Waals surface area contributed by atoms with Gasteiger partial charge < -0.3 is 4.74 Å². The first-order valence-corrected chi connectivity index (χ1v) is 10.3. The van der Waals surface area contributed by atoms with Crippen molar-refractivity contribution in [1.82, 2.24) is 19.2 Å². The smallest absolute Gasteiger partial charge is 0.203 e. The lowest BCUT2D eigenvalue weighted by atomic mass is 10.0. The highest BCUT2D eigenvalue weighted by atomic mass is 32.1. The van der Waals surface area contributed by atoms with Crippen LogP contribution in [-0.4, -0.2) is 32.4 Å². The van der Waals surface area contributed by atoms with E-state index >= 15 is 0 Å². The van der Waals surface area contributed by atoms with Crippen LogP contribution in [0.5, 0.6) is 5.75 Å². The molecule has 0 unspecified atom stereocenters. The molecule has 0 saturated carbocycles. The number of likely N-dealkylation sites (tertiary alicyclic amines) is 1. The maximum Gasteiger partial charge on any atom is 0.203 e. The van der Waals surface area contributed by atoms with Crippen molar-refractivity contribution in [2.75, 3.05) is 13.2 Å². The van der Waals surface area contributed by atoms with Crippen LogP contribution in [0.15, 0.2) is 54.9 Å². The van der Waals surface area contributed by atoms with Crippen LogP contribution in [-0.2, 0) is 6.67 Å². The molecule has 2 heterocycles. The number of nitrogens with zero attached hydrogens (tertiary/aromatic N) is 4. The van der Waals surface area contributed by atoms with Crippen molar-refractivity contribution in [3.8, 4) is 11.4 Å². The van der Waals surface area contributed by atoms with E-state index in [2.05, 4.69) is 53.3 Å². The first-order valence-electron chi connectivity index (χ1n) is 9.84. The predicted molar refractivity (Wildman–Crippen MR) is 113 cm³/mol. The van der Waals surface area contributed by atoms with Crippen molar-refractivity contribution in [2.45, 2.75) is 39.4 Å². The van der Waals surface area contributed by atoms with Crippen LogP contribution >= 0.6 is 12.2 Å². The monoisotopic (exact) mass is 394 g/mol. The van der Waals surface area contributed by atoms with Gasteiger partial charge in [-0.15, -0.1) is 0 Å². The Hall–Kier alpha value is -2.44. The minimum atomic E-state index is 0.390. The topological polar surface area (TPSA) is 35.2 Å². The molecular formula is C22H26N4OS. The van der Waals surface area contributed by atoms with Crippen molar-refractivity contribution in [3.05, 3.63) is 70.8 Å². The van der Waals surface area contributed by atoms with E-state index in [1.165, 1.54) is 17.5 Å². The number of hydrogen-bond acceptors (Lipinski definition) is 4. The molecule has 1 saturated heterocycles. The van der Waals surface area contributed by atoms with E-state index in [0.29, 0.717) is 19.3 Å². The van der Waals surface area contributed by atoms with Crippen molar-refractivity contribution in [2.24, 2.45) is 0 Å². The van der Waals surface area contributed by atoms with Crippen LogP contribution in [0.3, 0.4) is 0 Å². The summed E-state index contributed by atoms with van der Waals surface area (Å²) < 4.78 is 10.2. The Morgan fingerprint density at radius 3 is 2.68 bits per heavy atom. The van der Waals surface area contributed by atoms with Crippen LogP contribution < -0.4 is 4.74 Å². The van der Waals surface area contributed by atoms with E-state index in [1.54, 1.807) is 0 Å². The second-order valence-corrected chi connectivity index (χ2v) is 7.55. The molecular weight excluding hydrogens is 368 g/mol. The molecule has 5 nitrogen and oxygen atoms in total. The molecule has 2 aromatic carbocycles. The summed E-state index contributed by atoms with van der Waals surface area (Å²) in [6.45, 7) is 6.55. The first kappa shape index (κ1) is 18.9. The zero-order valence-corrected chi connectivity index (χ0v) is 17.2. The quantitative estimate of drug-likeness (QED) is 0.557. The summed E-state index contributed by atoms with van der Waals surface area (Å²) in [4.78, 5) is 2.46. The Balaban J connectivity index is 1.54. The molecule has 3 aromatic rings. The molecule has 28 heavy (non-hydrogen) atoms. The number of rotatable bonds is 6. The maximum atomic E-state index is 5.72. The van der Waals surface area contributed by atoms with Gasteiger partial charge in [-0.3, -0.25) is 9.47 Å². The third-order valence-corrected chi connectivity index (χ3v) is 5.77. The zero-order valence-electron chi connectivity index (χ0n) is 16.4. The van der Waals surface area contributed by atoms with E-state index < -0.39 is 0 Å². The number of hydrogen-bond donors (Lipinski definition) is 0. The number of para-hydroxylation sites is 1. The summed E-state index contributed by atoms with van der Waals surface area (Å²) in [6.07, 6.45) is 4.16. The van der Waals surface area contributed by atoms with Crippen molar-refractivity contribution in [3.63, 3.8) is 0 Å². The highest BCUT2D eigenvalue weighted by Crippen LogP contribution is 2.33. The summed E-state index contributed by atoms with van der Waals surface area (Å²) in [5.74, 6) is 0.926. The molecule has 1 aliphatic rings. The van der Waals surface area contributed by atoms with E-state index in [9.17, 15) is 0 Å². The number of ether oxygens (including phenoxy) is 1. The Kier molecular flexibility index (Phi) is 5.59. The molecule has 0 N–H and O–H groups in total. The van der Waals surface area contributed by atoms with Gasteiger partial charge in [0.1, 0.15) is 12.1 Å². The van der Waals surface area contributed by atoms with E-state index in [4.69, 9.17) is 17.0 Å². The summed E-state index contributed by atoms with van der Waals surface area (Å²) in [7, 11) is 0. The summed E-state index contributed by atoms with van der Waals surface area (Å²) >= 11 is 5.72. The highest BCUT2D eigenvalue weighted by molar-refractivity contribution is 7.71. The molecule has 1 fully saturated rings. The molecule has 1 atom stereocenters. The average molecular weight is 395 g/mol. The Labute approximate surface area is 171 Å². The normalized spacial score (nSPS) is 17.1. The van der Waals surface area contributed by atoms with E-state index in [-0.39, 0.29) is 0 Å². The van der Waals surface area contributed by atoms with Crippen molar-refractivity contribution in [1.29, 1.82) is 0 Å². The maximum absolute atomic E-state index is 5.72. The van der Waals surface area contributed by atoms with Gasteiger partial charge in [-0.05, 0) is 68.2 Å². The lowest BCUT2D eigenvalue weighted by Crippen LogP contribution is -2.27. The van der Waals surface area contributed by atoms with Gasteiger partial charge in [-0.25, -0.2) is 4.68 Å². The van der Waals surface area contributed by atoms with Crippen molar-refractivity contribution >= 4 is 12.2 Å². The summed E-state index contributed by atoms with van der Waals surface area (Å²) in [5, 5.41) is 4.58. The Morgan fingerprint density at radius 1 is 1.14 bits per heavy atom. The summed E-state index contributed by atoms with van der Waals surface area (Å²) in [6, 6.07) is 17.1. The lowest BCUT2D eigenvalue weighted by Gasteiger charge is -2.24. The molecule has 0 spiro atoms. The molecule has 4 rings (SSSR count). The van der Waals surface area contributed by atoms with Crippen LogP contribution in [0.2, 0.25) is 0 Å². The number of benzene rings is 2. The number of aromatic nitrogens is 3. The van der Waals surface area contributed by atoms with Gasteiger partial charge >= 0.3 is 0 Å². The van der Waals surface area contributed by atoms with Gasteiger partial charge in [0.05, 0.1) is 19.0 Å². The second-order valence-electron chi connectivity index (χ2n) is 7.18. The molecule has 146 valence electrons. The Morgan fingerprint density at radius 2 is 1.93 bits per heavy atom. The molecule has 1 aromatic heterocycles. The minimum absolute atomic E-state index is 0.390. The standard InChI is InChI=1S/C22H26N4OS/c1-3-27-19-12-10-18(11-13-19)21-9-6-14-24(21)16-26-22(28)25(15-23-26)20-8-5-4-7-17(20)2/h4-5,7-8,10-13,15,21H,3,6,9,14,16H2,1-2H3/t21-/m1/s1. The fourth-order valence-electron chi connectivity index (χ4n) is 3.93. The SMILES string of the molecule is CCOc1ccc([C@H]2CCCN2Cn2ncn(-c3ccccc3C)c2=S)cc1. The fraction of sp³-hybridized carbons (Fsp3) is 0.364. The molecule has 0 aliphatic carbocycles. The summed E-state index contributed by atoms with van der Waals surface area (Å²) in [5.41, 5.74) is 3.60. The van der Waals surface area contributed by atoms with Crippen molar-refractivity contribution < 1.29 is 4.74 Å². The molecule has 0 amide bonds. The minimum Gasteiger partial charge on any atom is -0.494 e. The average Bonchev–Trinajstić information content (AvgIpc) is 3.31. The predicted octanol–water partition coefficient (Wildman–Crippen LogP) is 4.91. The molecule has 0 radical (unpaired) electrons. The fourth-order valence-corrected chi connectivity index (χ4v) is 4.18. The first-order chi connectivity index (χ1) is 13.7. The van der Waals surface area contributed by atoms with E-state index in [0.717, 1.165) is 29.2 Å². The van der Waals surface area contributed by atoms with E-state index in [1.807, 2.05) is 34.6 Å². The zero-order chi connectivity index (χ0) is 19.5. The molecule has 1 aliphatic heterocycles. The third-order valence-electron chi connectivity index (χ3n) is 5.36. The third kappa shape index (κ3) is 3.75. The van der Waals surface area contributed by atoms with Gasteiger partial charge in [0, 0.05) is 12.6 Å². The lowest BCUT2D eigenvalue weighted by molar-refractivity contribution is 0.190. The highest BCUT2D eigenvalue weighted by Gasteiger charge is 2.26.